The van der Waals surface area contributed by atoms with Crippen molar-refractivity contribution in [3.63, 3.8) is 0 Å². The van der Waals surface area contributed by atoms with E-state index in [1.165, 1.54) is 0 Å². The first-order valence-corrected chi connectivity index (χ1v) is 2.40. The summed E-state index contributed by atoms with van der Waals surface area (Å²) in [6.07, 6.45) is 0. The van der Waals surface area contributed by atoms with Crippen LogP contribution in [0.15, 0.2) is 0 Å². The summed E-state index contributed by atoms with van der Waals surface area (Å²) in [5.74, 6) is -0.0972. The Labute approximate surface area is 46.4 Å². The zero-order valence-electron chi connectivity index (χ0n) is 3.55. The molecule has 3 nitrogen and oxygen atoms in total. The van der Waals surface area contributed by atoms with E-state index >= 15 is 0 Å². The average Bonchev–Trinajstić information content (AvgIpc) is 1.87. The molecule has 1 amide bonds. The number of ether oxygens (including phenoxy) is 1. The van der Waals surface area contributed by atoms with Gasteiger partial charge in [0.25, 0.3) is 0 Å². The van der Waals surface area contributed by atoms with Crippen molar-refractivity contribution in [1.82, 2.24) is 5.32 Å². The zero-order chi connectivity index (χ0) is 5.28. The number of rotatable bonds is 0. The van der Waals surface area contributed by atoms with E-state index in [2.05, 4.69) is 22.7 Å². The third-order valence-corrected chi connectivity index (χ3v) is 0.935. The van der Waals surface area contributed by atoms with E-state index in [1.807, 2.05) is 0 Å². The average molecular weight is 119 g/mol. The van der Waals surface area contributed by atoms with Gasteiger partial charge >= 0.3 is 0 Å². The van der Waals surface area contributed by atoms with Crippen LogP contribution >= 0.6 is 12.6 Å². The third kappa shape index (κ3) is 1.07. The molecule has 0 bridgehead atoms. The predicted octanol–water partition coefficient (Wildman–Crippen LogP) is -0.654. The van der Waals surface area contributed by atoms with Crippen LogP contribution in [0.3, 0.4) is 0 Å². The molecule has 1 fully saturated rings. The van der Waals surface area contributed by atoms with Gasteiger partial charge in [-0.05, 0) is 0 Å². The minimum Gasteiger partial charge on any atom is -0.339 e. The second-order valence-electron chi connectivity index (χ2n) is 1.23. The maximum atomic E-state index is 10.2. The number of nitrogens with one attached hydrogen (secondary N) is 1. The fourth-order valence-corrected chi connectivity index (χ4v) is 0.594. The molecule has 0 radical (unpaired) electrons. The smallest absolute Gasteiger partial charge is 0.248 e. The number of hydrogen-bond donors (Lipinski definition) is 2. The SMILES string of the molecule is O=C1COC(S)N1. The summed E-state index contributed by atoms with van der Waals surface area (Å²) in [5, 5.41) is 2.42. The second kappa shape index (κ2) is 1.71. The maximum Gasteiger partial charge on any atom is 0.248 e. The predicted molar refractivity (Wildman–Crippen MR) is 26.9 cm³/mol. The van der Waals surface area contributed by atoms with Gasteiger partial charge in [0.1, 0.15) is 6.61 Å². The van der Waals surface area contributed by atoms with E-state index in [4.69, 9.17) is 0 Å². The van der Waals surface area contributed by atoms with Gasteiger partial charge in [0.05, 0.1) is 0 Å². The van der Waals surface area contributed by atoms with Gasteiger partial charge in [-0.1, -0.05) is 0 Å². The molecule has 1 unspecified atom stereocenters. The Morgan fingerprint density at radius 3 is 2.86 bits per heavy atom. The number of carbonyl (C=O) groups excluding carboxylic acids is 1. The lowest BCUT2D eigenvalue weighted by Gasteiger charge is -1.94. The first-order valence-electron chi connectivity index (χ1n) is 1.88. The minimum atomic E-state index is -0.382. The molecule has 1 saturated heterocycles. The first-order chi connectivity index (χ1) is 3.29. The highest BCUT2D eigenvalue weighted by molar-refractivity contribution is 7.80. The molecular weight excluding hydrogens is 114 g/mol. The van der Waals surface area contributed by atoms with Crippen LogP contribution in [0, 0.1) is 0 Å². The van der Waals surface area contributed by atoms with Crippen molar-refractivity contribution in [3.05, 3.63) is 0 Å². The zero-order valence-corrected chi connectivity index (χ0v) is 4.44. The molecule has 0 aliphatic carbocycles. The van der Waals surface area contributed by atoms with Crippen LogP contribution in [0.4, 0.5) is 0 Å². The van der Waals surface area contributed by atoms with E-state index in [-0.39, 0.29) is 18.1 Å². The van der Waals surface area contributed by atoms with E-state index < -0.39 is 0 Å². The fraction of sp³-hybridized carbons (Fsp3) is 0.667. The first kappa shape index (κ1) is 4.93. The lowest BCUT2D eigenvalue weighted by molar-refractivity contribution is -0.119. The molecule has 1 aliphatic heterocycles. The minimum absolute atomic E-state index is 0.0972. The van der Waals surface area contributed by atoms with Gasteiger partial charge in [-0.3, -0.25) is 4.79 Å². The summed E-state index contributed by atoms with van der Waals surface area (Å²) in [6, 6.07) is 0. The molecule has 0 aromatic heterocycles. The Kier molecular flexibility index (Phi) is 1.21. The lowest BCUT2D eigenvalue weighted by Crippen LogP contribution is -2.20. The Bertz CT molecular complexity index is 94.9. The summed E-state index contributed by atoms with van der Waals surface area (Å²) >= 11 is 3.80. The van der Waals surface area contributed by atoms with Crippen molar-refractivity contribution in [2.75, 3.05) is 6.61 Å². The molecule has 7 heavy (non-hydrogen) atoms. The molecule has 40 valence electrons. The van der Waals surface area contributed by atoms with Crippen molar-refractivity contribution >= 4 is 18.5 Å². The van der Waals surface area contributed by atoms with Crippen LogP contribution in [0.5, 0.6) is 0 Å². The molecule has 0 saturated carbocycles. The summed E-state index contributed by atoms with van der Waals surface area (Å²) in [5.41, 5.74) is -0.382. The highest BCUT2D eigenvalue weighted by Gasteiger charge is 2.15. The van der Waals surface area contributed by atoms with E-state index in [1.54, 1.807) is 0 Å². The molecule has 1 N–H and O–H groups in total. The molecule has 0 aromatic carbocycles. The van der Waals surface area contributed by atoms with Crippen LogP contribution in [-0.4, -0.2) is 18.1 Å². The molecule has 1 aliphatic rings. The number of carbonyl (C=O) groups is 1. The monoisotopic (exact) mass is 119 g/mol. The van der Waals surface area contributed by atoms with Crippen LogP contribution in [0.1, 0.15) is 0 Å². The molecule has 0 spiro atoms. The number of hydrogen-bond acceptors (Lipinski definition) is 3. The Morgan fingerprint density at radius 1 is 2.00 bits per heavy atom. The Hall–Kier alpha value is -0.220. The van der Waals surface area contributed by atoms with E-state index in [0.29, 0.717) is 0 Å². The molecule has 1 heterocycles. The van der Waals surface area contributed by atoms with Gasteiger partial charge in [0.15, 0.2) is 5.56 Å². The summed E-state index contributed by atoms with van der Waals surface area (Å²) in [4.78, 5) is 10.2. The van der Waals surface area contributed by atoms with Crippen LogP contribution in [0.25, 0.3) is 0 Å². The van der Waals surface area contributed by atoms with Crippen LogP contribution < -0.4 is 5.32 Å². The van der Waals surface area contributed by atoms with E-state index in [0.717, 1.165) is 0 Å². The van der Waals surface area contributed by atoms with Crippen molar-refractivity contribution in [2.24, 2.45) is 0 Å². The van der Waals surface area contributed by atoms with E-state index in [9.17, 15) is 4.79 Å². The maximum absolute atomic E-state index is 10.2. The molecule has 0 aromatic rings. The normalized spacial score (nSPS) is 30.4. The fourth-order valence-electron chi connectivity index (χ4n) is 0.376. The van der Waals surface area contributed by atoms with Crippen molar-refractivity contribution in [3.8, 4) is 0 Å². The standard InChI is InChI=1S/C3H5NO2S/c5-2-1-6-3(7)4-2/h3,7H,1H2,(H,4,5). The van der Waals surface area contributed by atoms with Gasteiger partial charge < -0.3 is 10.1 Å². The second-order valence-corrected chi connectivity index (χ2v) is 1.70. The molecule has 1 atom stereocenters. The van der Waals surface area contributed by atoms with Gasteiger partial charge in [-0.25, -0.2) is 0 Å². The largest absolute Gasteiger partial charge is 0.339 e. The molecular formula is C3H5NO2S. The molecule has 1 rings (SSSR count). The van der Waals surface area contributed by atoms with Crippen LogP contribution in [-0.2, 0) is 9.53 Å². The Morgan fingerprint density at radius 2 is 2.71 bits per heavy atom. The van der Waals surface area contributed by atoms with Crippen molar-refractivity contribution < 1.29 is 9.53 Å². The highest BCUT2D eigenvalue weighted by Crippen LogP contribution is 1.98. The lowest BCUT2D eigenvalue weighted by atomic mass is 10.7. The summed E-state index contributed by atoms with van der Waals surface area (Å²) < 4.78 is 4.67. The third-order valence-electron chi connectivity index (χ3n) is 0.657. The Balaban J connectivity index is 2.40. The summed E-state index contributed by atoms with van der Waals surface area (Å²) in [6.45, 7) is 0.147. The van der Waals surface area contributed by atoms with Crippen LogP contribution in [0.2, 0.25) is 0 Å². The van der Waals surface area contributed by atoms with Gasteiger partial charge in [0.2, 0.25) is 5.91 Å². The number of thiol groups is 1. The summed E-state index contributed by atoms with van der Waals surface area (Å²) in [7, 11) is 0. The van der Waals surface area contributed by atoms with Crippen molar-refractivity contribution in [2.45, 2.75) is 5.56 Å². The van der Waals surface area contributed by atoms with Gasteiger partial charge in [-0.2, -0.15) is 0 Å². The highest BCUT2D eigenvalue weighted by atomic mass is 32.1. The topological polar surface area (TPSA) is 38.3 Å². The quantitative estimate of drug-likeness (QED) is 0.416. The number of amides is 1. The van der Waals surface area contributed by atoms with Gasteiger partial charge in [0, 0.05) is 0 Å². The van der Waals surface area contributed by atoms with Gasteiger partial charge in [-0.15, -0.1) is 12.6 Å². The molecule has 4 heteroatoms. The van der Waals surface area contributed by atoms with Crippen molar-refractivity contribution in [1.29, 1.82) is 0 Å².